The summed E-state index contributed by atoms with van der Waals surface area (Å²) in [5, 5.41) is 0.428. The summed E-state index contributed by atoms with van der Waals surface area (Å²) in [6.45, 7) is 1.93. The molecule has 1 aliphatic rings. The molecule has 0 aliphatic carbocycles. The second-order valence-corrected chi connectivity index (χ2v) is 8.53. The normalized spacial score (nSPS) is 17.9. The molecule has 2 aromatic carbocycles. The molecule has 0 bridgehead atoms. The van der Waals surface area contributed by atoms with Crippen LogP contribution in [0.15, 0.2) is 62.7 Å². The number of amides is 1. The van der Waals surface area contributed by atoms with Gasteiger partial charge < -0.3 is 0 Å². The van der Waals surface area contributed by atoms with Crippen molar-refractivity contribution in [1.29, 1.82) is 0 Å². The van der Waals surface area contributed by atoms with Crippen molar-refractivity contribution in [2.75, 3.05) is 6.54 Å². The van der Waals surface area contributed by atoms with Crippen LogP contribution in [0.25, 0.3) is 6.08 Å². The molecule has 1 amide bonds. The minimum atomic E-state index is -4.02. The highest BCUT2D eigenvalue weighted by Crippen LogP contribution is 2.34. The Morgan fingerprint density at radius 1 is 1.19 bits per heavy atom. The van der Waals surface area contributed by atoms with Crippen LogP contribution < -0.4 is 0 Å². The van der Waals surface area contributed by atoms with Gasteiger partial charge in [-0.1, -0.05) is 29.8 Å². The van der Waals surface area contributed by atoms with Crippen molar-refractivity contribution >= 4 is 50.5 Å². The second kappa shape index (κ2) is 7.84. The Bertz CT molecular complexity index is 1050. The van der Waals surface area contributed by atoms with Crippen LogP contribution in [-0.2, 0) is 14.8 Å². The quantitative estimate of drug-likeness (QED) is 0.691. The molecule has 1 heterocycles. The molecule has 0 N–H and O–H groups in total. The standard InChI is InChI=1S/C18H14ClFN2O3S2/c1-2-22-17(23)16(11-12-5-3-4-6-15(12)20)26-18(22)21-27(24,25)14-9-7-13(19)8-10-14/h3-11H,2H2,1H3. The first kappa shape index (κ1) is 19.6. The van der Waals surface area contributed by atoms with Crippen LogP contribution in [0.4, 0.5) is 4.39 Å². The first-order chi connectivity index (χ1) is 12.8. The molecule has 27 heavy (non-hydrogen) atoms. The van der Waals surface area contributed by atoms with Crippen molar-refractivity contribution in [2.24, 2.45) is 4.40 Å². The average molecular weight is 425 g/mol. The van der Waals surface area contributed by atoms with Gasteiger partial charge in [-0.05, 0) is 55.1 Å². The number of carbonyl (C=O) groups excluding carboxylic acids is 1. The molecule has 1 fully saturated rings. The van der Waals surface area contributed by atoms with Crippen LogP contribution >= 0.6 is 23.4 Å². The summed E-state index contributed by atoms with van der Waals surface area (Å²) in [7, 11) is -4.02. The van der Waals surface area contributed by atoms with E-state index in [1.807, 2.05) is 0 Å². The van der Waals surface area contributed by atoms with E-state index >= 15 is 0 Å². The van der Waals surface area contributed by atoms with Gasteiger partial charge in [0, 0.05) is 17.1 Å². The Morgan fingerprint density at radius 2 is 1.85 bits per heavy atom. The molecule has 0 spiro atoms. The maximum Gasteiger partial charge on any atom is 0.284 e. The van der Waals surface area contributed by atoms with Gasteiger partial charge in [0.25, 0.3) is 15.9 Å². The summed E-state index contributed by atoms with van der Waals surface area (Å²) < 4.78 is 42.7. The minimum Gasteiger partial charge on any atom is -0.286 e. The van der Waals surface area contributed by atoms with Crippen LogP contribution in [0.2, 0.25) is 5.02 Å². The lowest BCUT2D eigenvalue weighted by Gasteiger charge is -2.11. The van der Waals surface area contributed by atoms with Crippen molar-refractivity contribution in [2.45, 2.75) is 11.8 Å². The van der Waals surface area contributed by atoms with E-state index in [0.717, 1.165) is 11.8 Å². The van der Waals surface area contributed by atoms with Crippen LogP contribution in [0, 0.1) is 5.82 Å². The number of likely N-dealkylation sites (N-methyl/N-ethyl adjacent to an activating group) is 1. The van der Waals surface area contributed by atoms with E-state index in [2.05, 4.69) is 4.40 Å². The molecule has 0 saturated carbocycles. The van der Waals surface area contributed by atoms with Crippen LogP contribution in [0.3, 0.4) is 0 Å². The first-order valence-corrected chi connectivity index (χ1v) is 10.5. The highest BCUT2D eigenvalue weighted by Gasteiger charge is 2.34. The van der Waals surface area contributed by atoms with Gasteiger partial charge in [0.05, 0.1) is 9.80 Å². The molecule has 140 valence electrons. The molecule has 0 aromatic heterocycles. The number of benzene rings is 2. The van der Waals surface area contributed by atoms with Crippen molar-refractivity contribution in [3.8, 4) is 0 Å². The van der Waals surface area contributed by atoms with E-state index in [-0.39, 0.29) is 27.1 Å². The van der Waals surface area contributed by atoms with Gasteiger partial charge in [-0.25, -0.2) is 4.39 Å². The molecule has 0 radical (unpaired) electrons. The SMILES string of the molecule is CCN1C(=O)C(=Cc2ccccc2F)SC1=NS(=O)(=O)c1ccc(Cl)cc1. The van der Waals surface area contributed by atoms with Gasteiger partial charge >= 0.3 is 0 Å². The maximum atomic E-state index is 13.9. The van der Waals surface area contributed by atoms with E-state index in [9.17, 15) is 17.6 Å². The van der Waals surface area contributed by atoms with Gasteiger partial charge in [0.15, 0.2) is 5.17 Å². The van der Waals surface area contributed by atoms with Gasteiger partial charge in [-0.2, -0.15) is 8.42 Å². The zero-order valence-corrected chi connectivity index (χ0v) is 16.5. The van der Waals surface area contributed by atoms with Gasteiger partial charge in [0.2, 0.25) is 0 Å². The minimum absolute atomic E-state index is 0.0278. The molecule has 2 aromatic rings. The summed E-state index contributed by atoms with van der Waals surface area (Å²) in [4.78, 5) is 14.0. The number of hydrogen-bond acceptors (Lipinski definition) is 4. The molecule has 9 heteroatoms. The van der Waals surface area contributed by atoms with Crippen LogP contribution in [-0.4, -0.2) is 30.9 Å². The van der Waals surface area contributed by atoms with Crippen molar-refractivity contribution in [1.82, 2.24) is 4.90 Å². The lowest BCUT2D eigenvalue weighted by molar-refractivity contribution is -0.122. The second-order valence-electron chi connectivity index (χ2n) is 5.48. The molecule has 0 atom stereocenters. The lowest BCUT2D eigenvalue weighted by Crippen LogP contribution is -2.29. The Kier molecular flexibility index (Phi) is 5.69. The number of halogens is 2. The predicted octanol–water partition coefficient (Wildman–Crippen LogP) is 4.16. The zero-order chi connectivity index (χ0) is 19.6. The Morgan fingerprint density at radius 3 is 2.48 bits per heavy atom. The number of thioether (sulfide) groups is 1. The highest BCUT2D eigenvalue weighted by atomic mass is 35.5. The number of hydrogen-bond donors (Lipinski definition) is 0. The van der Waals surface area contributed by atoms with E-state index < -0.39 is 21.7 Å². The fraction of sp³-hybridized carbons (Fsp3) is 0.111. The Balaban J connectivity index is 1.98. The topological polar surface area (TPSA) is 66.8 Å². The Hall–Kier alpha value is -2.16. The largest absolute Gasteiger partial charge is 0.286 e. The van der Waals surface area contributed by atoms with Crippen molar-refractivity contribution in [3.05, 3.63) is 69.8 Å². The zero-order valence-electron chi connectivity index (χ0n) is 14.1. The third kappa shape index (κ3) is 4.23. The molecule has 1 saturated heterocycles. The molecule has 3 rings (SSSR count). The van der Waals surface area contributed by atoms with E-state index in [1.54, 1.807) is 19.1 Å². The fourth-order valence-electron chi connectivity index (χ4n) is 2.35. The maximum absolute atomic E-state index is 13.9. The van der Waals surface area contributed by atoms with Gasteiger partial charge in [0.1, 0.15) is 5.82 Å². The van der Waals surface area contributed by atoms with Gasteiger partial charge in [-0.15, -0.1) is 4.40 Å². The van der Waals surface area contributed by atoms with Gasteiger partial charge in [-0.3, -0.25) is 9.69 Å². The summed E-state index contributed by atoms with van der Waals surface area (Å²) in [6, 6.07) is 11.6. The number of rotatable bonds is 4. The number of nitrogens with zero attached hydrogens (tertiary/aromatic N) is 2. The molecular formula is C18H14ClFN2O3S2. The summed E-state index contributed by atoms with van der Waals surface area (Å²) >= 11 is 6.68. The molecule has 5 nitrogen and oxygen atoms in total. The van der Waals surface area contributed by atoms with E-state index in [4.69, 9.17) is 11.6 Å². The Labute approximate surface area is 165 Å². The number of carbonyl (C=O) groups is 1. The monoisotopic (exact) mass is 424 g/mol. The summed E-state index contributed by atoms with van der Waals surface area (Å²) in [6.07, 6.45) is 1.39. The highest BCUT2D eigenvalue weighted by molar-refractivity contribution is 8.19. The molecule has 1 aliphatic heterocycles. The first-order valence-electron chi connectivity index (χ1n) is 7.88. The third-order valence-corrected chi connectivity index (χ3v) is 6.36. The smallest absolute Gasteiger partial charge is 0.284 e. The average Bonchev–Trinajstić information content (AvgIpc) is 2.91. The summed E-state index contributed by atoms with van der Waals surface area (Å²) in [5.41, 5.74) is 0.242. The van der Waals surface area contributed by atoms with E-state index in [0.29, 0.717) is 5.02 Å². The summed E-state index contributed by atoms with van der Waals surface area (Å²) in [5.74, 6) is -0.892. The third-order valence-electron chi connectivity index (χ3n) is 3.71. The van der Waals surface area contributed by atoms with Crippen molar-refractivity contribution < 1.29 is 17.6 Å². The lowest BCUT2D eigenvalue weighted by atomic mass is 10.2. The van der Waals surface area contributed by atoms with Crippen LogP contribution in [0.5, 0.6) is 0 Å². The number of amidine groups is 1. The number of sulfonamides is 1. The van der Waals surface area contributed by atoms with Crippen LogP contribution in [0.1, 0.15) is 12.5 Å². The van der Waals surface area contributed by atoms with Crippen molar-refractivity contribution in [3.63, 3.8) is 0 Å². The predicted molar refractivity (Wildman–Crippen MR) is 105 cm³/mol. The molecule has 0 unspecified atom stereocenters. The molecular weight excluding hydrogens is 411 g/mol. The fourth-order valence-corrected chi connectivity index (χ4v) is 4.71. The van der Waals surface area contributed by atoms with E-state index in [1.165, 1.54) is 47.4 Å².